The Hall–Kier alpha value is -1.31. The molecule has 0 bridgehead atoms. The molecule has 0 saturated heterocycles. The summed E-state index contributed by atoms with van der Waals surface area (Å²) in [6.07, 6.45) is 8.70. The van der Waals surface area contributed by atoms with Crippen molar-refractivity contribution in [2.45, 2.75) is 38.6 Å². The van der Waals surface area contributed by atoms with Gasteiger partial charge >= 0.3 is 0 Å². The minimum atomic E-state index is 0. The van der Waals surface area contributed by atoms with Gasteiger partial charge in [-0.25, -0.2) is 4.98 Å². The third kappa shape index (κ3) is 7.07. The number of guanidine groups is 1. The first-order chi connectivity index (χ1) is 11.2. The van der Waals surface area contributed by atoms with E-state index < -0.39 is 0 Å². The summed E-state index contributed by atoms with van der Waals surface area (Å²) in [4.78, 5) is 10.9. The molecule has 6 heteroatoms. The number of hydrogen-bond donors (Lipinski definition) is 2. The Morgan fingerprint density at radius 3 is 2.75 bits per heavy atom. The highest BCUT2D eigenvalue weighted by atomic mass is 127. The summed E-state index contributed by atoms with van der Waals surface area (Å²) in [6.45, 7) is 1.60. The van der Waals surface area contributed by atoms with Gasteiger partial charge in [0.2, 0.25) is 0 Å². The maximum Gasteiger partial charge on any atom is 0.191 e. The van der Waals surface area contributed by atoms with E-state index >= 15 is 0 Å². The van der Waals surface area contributed by atoms with E-state index in [0.29, 0.717) is 6.54 Å². The topological polar surface area (TPSA) is 52.6 Å². The van der Waals surface area contributed by atoms with E-state index in [4.69, 9.17) is 0 Å². The second kappa shape index (κ2) is 11.3. The minimum Gasteiger partial charge on any atom is -0.363 e. The third-order valence-electron chi connectivity index (χ3n) is 4.03. The van der Waals surface area contributed by atoms with Gasteiger partial charge in [-0.1, -0.05) is 17.7 Å². The van der Waals surface area contributed by atoms with Crippen LogP contribution in [0.3, 0.4) is 0 Å². The van der Waals surface area contributed by atoms with Crippen molar-refractivity contribution in [1.29, 1.82) is 0 Å². The monoisotopic (exact) mass is 443 g/mol. The molecular weight excluding hydrogens is 413 g/mol. The van der Waals surface area contributed by atoms with Crippen molar-refractivity contribution in [2.75, 3.05) is 32.6 Å². The maximum atomic E-state index is 4.60. The van der Waals surface area contributed by atoms with Crippen molar-refractivity contribution in [2.24, 2.45) is 4.99 Å². The summed E-state index contributed by atoms with van der Waals surface area (Å²) in [6, 6.07) is 6.07. The number of aromatic nitrogens is 1. The fourth-order valence-electron chi connectivity index (χ4n) is 2.68. The van der Waals surface area contributed by atoms with Gasteiger partial charge < -0.3 is 15.5 Å². The average molecular weight is 443 g/mol. The van der Waals surface area contributed by atoms with Crippen LogP contribution >= 0.6 is 24.0 Å². The Bertz CT molecular complexity index is 554. The number of rotatable bonds is 6. The Balaban J connectivity index is 0.00000288. The summed E-state index contributed by atoms with van der Waals surface area (Å²) < 4.78 is 0. The molecule has 0 radical (unpaired) electrons. The van der Waals surface area contributed by atoms with Gasteiger partial charge in [-0.3, -0.25) is 4.99 Å². The first-order valence-electron chi connectivity index (χ1n) is 8.44. The number of allylic oxidation sites excluding steroid dienone is 1. The fraction of sp³-hybridized carbons (Fsp3) is 0.556. The molecule has 0 fully saturated rings. The predicted molar refractivity (Wildman–Crippen MR) is 113 cm³/mol. The van der Waals surface area contributed by atoms with Crippen molar-refractivity contribution >= 4 is 35.8 Å². The van der Waals surface area contributed by atoms with Crippen molar-refractivity contribution < 1.29 is 0 Å². The second-order valence-electron chi connectivity index (χ2n) is 6.09. The maximum absolute atomic E-state index is 4.60. The number of nitrogens with zero attached hydrogens (tertiary/aromatic N) is 3. The molecule has 1 heterocycles. The summed E-state index contributed by atoms with van der Waals surface area (Å²) in [7, 11) is 5.80. The Morgan fingerprint density at radius 2 is 2.08 bits per heavy atom. The first-order valence-corrected chi connectivity index (χ1v) is 8.44. The largest absolute Gasteiger partial charge is 0.363 e. The van der Waals surface area contributed by atoms with Crippen LogP contribution in [0.25, 0.3) is 0 Å². The number of hydrogen-bond acceptors (Lipinski definition) is 3. The molecule has 5 nitrogen and oxygen atoms in total. The molecular formula is C18H30IN5. The zero-order chi connectivity index (χ0) is 16.5. The molecule has 0 atom stereocenters. The molecule has 0 unspecified atom stereocenters. The lowest BCUT2D eigenvalue weighted by atomic mass is 9.97. The van der Waals surface area contributed by atoms with E-state index in [1.165, 1.54) is 25.7 Å². The van der Waals surface area contributed by atoms with E-state index in [1.54, 1.807) is 12.6 Å². The smallest absolute Gasteiger partial charge is 0.191 e. The Labute approximate surface area is 163 Å². The van der Waals surface area contributed by atoms with E-state index in [0.717, 1.165) is 30.4 Å². The van der Waals surface area contributed by atoms with Crippen molar-refractivity contribution in [3.05, 3.63) is 35.5 Å². The number of aliphatic imine (C=N–C) groups is 1. The zero-order valence-corrected chi connectivity index (χ0v) is 17.3. The van der Waals surface area contributed by atoms with Gasteiger partial charge in [-0.2, -0.15) is 0 Å². The van der Waals surface area contributed by atoms with Crippen LogP contribution in [0.2, 0.25) is 0 Å². The normalized spacial score (nSPS) is 14.5. The predicted octanol–water partition coefficient (Wildman–Crippen LogP) is 3.32. The molecule has 0 aliphatic heterocycles. The highest BCUT2D eigenvalue weighted by Crippen LogP contribution is 2.19. The van der Waals surface area contributed by atoms with E-state index in [2.05, 4.69) is 26.7 Å². The highest BCUT2D eigenvalue weighted by Gasteiger charge is 2.05. The first kappa shape index (κ1) is 20.7. The van der Waals surface area contributed by atoms with Crippen molar-refractivity contribution in [3.63, 3.8) is 0 Å². The molecule has 134 valence electrons. The van der Waals surface area contributed by atoms with Gasteiger partial charge in [0.1, 0.15) is 5.82 Å². The molecule has 1 aliphatic rings. The van der Waals surface area contributed by atoms with Crippen molar-refractivity contribution in [1.82, 2.24) is 15.6 Å². The van der Waals surface area contributed by atoms with E-state index in [9.17, 15) is 0 Å². The lowest BCUT2D eigenvalue weighted by Gasteiger charge is -2.16. The highest BCUT2D eigenvalue weighted by molar-refractivity contribution is 14.0. The van der Waals surface area contributed by atoms with Gasteiger partial charge in [0.25, 0.3) is 0 Å². The van der Waals surface area contributed by atoms with E-state index in [-0.39, 0.29) is 24.0 Å². The average Bonchev–Trinajstić information content (AvgIpc) is 2.59. The second-order valence-corrected chi connectivity index (χ2v) is 6.09. The summed E-state index contributed by atoms with van der Waals surface area (Å²) >= 11 is 0. The van der Waals surface area contributed by atoms with Gasteiger partial charge in [0.15, 0.2) is 5.96 Å². The SMILES string of the molecule is CN=C(NCCC1=CCCCC1)NCc1cccc(N(C)C)n1.I. The molecule has 1 aliphatic carbocycles. The van der Waals surface area contributed by atoms with Crippen LogP contribution in [0.4, 0.5) is 5.82 Å². The van der Waals surface area contributed by atoms with Crippen LogP contribution < -0.4 is 15.5 Å². The molecule has 0 spiro atoms. The number of anilines is 1. The van der Waals surface area contributed by atoms with Crippen LogP contribution in [0.1, 0.15) is 37.8 Å². The number of nitrogens with one attached hydrogen (secondary N) is 2. The summed E-state index contributed by atoms with van der Waals surface area (Å²) in [5, 5.41) is 6.71. The van der Waals surface area contributed by atoms with Crippen LogP contribution in [-0.2, 0) is 6.54 Å². The number of halogens is 1. The lowest BCUT2D eigenvalue weighted by Crippen LogP contribution is -2.37. The van der Waals surface area contributed by atoms with Gasteiger partial charge in [-0.15, -0.1) is 24.0 Å². The zero-order valence-electron chi connectivity index (χ0n) is 15.0. The molecule has 2 rings (SSSR count). The lowest BCUT2D eigenvalue weighted by molar-refractivity contribution is 0.665. The minimum absolute atomic E-state index is 0. The Kier molecular flexibility index (Phi) is 9.75. The summed E-state index contributed by atoms with van der Waals surface area (Å²) in [5.41, 5.74) is 2.59. The van der Waals surface area contributed by atoms with Crippen LogP contribution in [-0.4, -0.2) is 38.6 Å². The van der Waals surface area contributed by atoms with Gasteiger partial charge in [0.05, 0.1) is 12.2 Å². The molecule has 24 heavy (non-hydrogen) atoms. The van der Waals surface area contributed by atoms with Crippen LogP contribution in [0.5, 0.6) is 0 Å². The van der Waals surface area contributed by atoms with Crippen molar-refractivity contribution in [3.8, 4) is 0 Å². The summed E-state index contributed by atoms with van der Waals surface area (Å²) in [5.74, 6) is 1.80. The van der Waals surface area contributed by atoms with Gasteiger partial charge in [0, 0.05) is 27.7 Å². The van der Waals surface area contributed by atoms with Crippen LogP contribution in [0, 0.1) is 0 Å². The molecule has 1 aromatic heterocycles. The standard InChI is InChI=1S/C18H29N5.HI/c1-19-18(20-13-12-15-8-5-4-6-9-15)21-14-16-10-7-11-17(22-16)23(2)3;/h7-8,10-11H,4-6,9,12-14H2,1-3H3,(H2,19,20,21);1H. The fourth-order valence-corrected chi connectivity index (χ4v) is 2.68. The van der Waals surface area contributed by atoms with E-state index in [1.807, 2.05) is 37.2 Å². The number of pyridine rings is 1. The molecule has 0 aromatic carbocycles. The third-order valence-corrected chi connectivity index (χ3v) is 4.03. The molecule has 0 saturated carbocycles. The quantitative estimate of drug-likeness (QED) is 0.307. The molecule has 0 amide bonds. The Morgan fingerprint density at radius 1 is 1.25 bits per heavy atom. The van der Waals surface area contributed by atoms with Gasteiger partial charge in [-0.05, 0) is 44.2 Å². The molecule has 2 N–H and O–H groups in total. The van der Waals surface area contributed by atoms with Crippen LogP contribution in [0.15, 0.2) is 34.8 Å². The molecule has 1 aromatic rings.